The molecule has 0 spiro atoms. The van der Waals surface area contributed by atoms with Gasteiger partial charge in [-0.05, 0) is 54.1 Å². The van der Waals surface area contributed by atoms with Crippen LogP contribution in [0.25, 0.3) is 0 Å². The molecule has 5 nitrogen and oxygen atoms in total. The van der Waals surface area contributed by atoms with E-state index >= 15 is 0 Å². The number of nitrogens with one attached hydrogen (secondary N) is 1. The molecule has 3 rings (SSSR count). The van der Waals surface area contributed by atoms with E-state index in [1.807, 2.05) is 12.1 Å². The Labute approximate surface area is 180 Å². The van der Waals surface area contributed by atoms with Crippen LogP contribution < -0.4 is 9.62 Å². The number of hydrogen-bond acceptors (Lipinski definition) is 4. The van der Waals surface area contributed by atoms with Crippen LogP contribution in [-0.4, -0.2) is 20.9 Å². The van der Waals surface area contributed by atoms with E-state index in [4.69, 9.17) is 0 Å². The molecule has 0 saturated carbocycles. The maximum atomic E-state index is 14.4. The van der Waals surface area contributed by atoms with Crippen LogP contribution in [0.3, 0.4) is 0 Å². The number of hydrogen-bond donors (Lipinski definition) is 1. The Balaban J connectivity index is 1.81. The number of benzene rings is 2. The van der Waals surface area contributed by atoms with Gasteiger partial charge in [-0.15, -0.1) is 11.3 Å². The molecule has 30 heavy (non-hydrogen) atoms. The van der Waals surface area contributed by atoms with Crippen LogP contribution in [0.2, 0.25) is 0 Å². The summed E-state index contributed by atoms with van der Waals surface area (Å²) >= 11 is 1.01. The number of nitrogens with zero attached hydrogens (tertiary/aromatic N) is 1. The Kier molecular flexibility index (Phi) is 7.23. The summed E-state index contributed by atoms with van der Waals surface area (Å²) in [7, 11) is -4.09. The molecule has 3 aromatic rings. The minimum Gasteiger partial charge on any atom is -0.325 e. The summed E-state index contributed by atoms with van der Waals surface area (Å²) < 4.78 is 41.4. The van der Waals surface area contributed by atoms with Crippen molar-refractivity contribution >= 4 is 38.6 Å². The number of carbonyl (C=O) groups excluding carboxylic acids is 1. The van der Waals surface area contributed by atoms with Crippen LogP contribution in [-0.2, 0) is 21.2 Å². The van der Waals surface area contributed by atoms with Crippen molar-refractivity contribution in [3.63, 3.8) is 0 Å². The molecule has 2 aromatic carbocycles. The summed E-state index contributed by atoms with van der Waals surface area (Å²) in [5, 5.41) is 4.32. The van der Waals surface area contributed by atoms with E-state index < -0.39 is 28.3 Å². The molecule has 1 heterocycles. The van der Waals surface area contributed by atoms with Crippen LogP contribution >= 0.6 is 11.3 Å². The van der Waals surface area contributed by atoms with Crippen LogP contribution in [0.5, 0.6) is 0 Å². The monoisotopic (exact) mass is 446 g/mol. The van der Waals surface area contributed by atoms with Gasteiger partial charge in [0.15, 0.2) is 0 Å². The van der Waals surface area contributed by atoms with Gasteiger partial charge in [0.1, 0.15) is 16.6 Å². The third-order valence-corrected chi connectivity index (χ3v) is 7.64. The maximum Gasteiger partial charge on any atom is 0.274 e. The summed E-state index contributed by atoms with van der Waals surface area (Å²) in [5.74, 6) is -1.27. The molecule has 8 heteroatoms. The molecule has 0 aliphatic carbocycles. The molecule has 0 bridgehead atoms. The number of carbonyl (C=O) groups is 1. The number of amides is 1. The van der Waals surface area contributed by atoms with E-state index in [1.54, 1.807) is 23.6 Å². The number of para-hydroxylation sites is 1. The third-order valence-electron chi connectivity index (χ3n) is 4.50. The lowest BCUT2D eigenvalue weighted by molar-refractivity contribution is -0.114. The first-order valence-electron chi connectivity index (χ1n) is 9.61. The van der Waals surface area contributed by atoms with E-state index in [0.29, 0.717) is 5.69 Å². The molecule has 0 fully saturated rings. The first-order chi connectivity index (χ1) is 14.4. The number of unbranched alkanes of at least 4 members (excludes halogenated alkanes) is 1. The minimum absolute atomic E-state index is 0.0406. The summed E-state index contributed by atoms with van der Waals surface area (Å²) in [6, 6.07) is 16.0. The molecule has 0 unspecified atom stereocenters. The largest absolute Gasteiger partial charge is 0.325 e. The summed E-state index contributed by atoms with van der Waals surface area (Å²) in [6.45, 7) is 1.58. The highest BCUT2D eigenvalue weighted by molar-refractivity contribution is 7.94. The van der Waals surface area contributed by atoms with Gasteiger partial charge in [0, 0.05) is 5.69 Å². The Morgan fingerprint density at radius 1 is 1.07 bits per heavy atom. The van der Waals surface area contributed by atoms with Crippen LogP contribution in [0.15, 0.2) is 70.3 Å². The highest BCUT2D eigenvalue weighted by Gasteiger charge is 2.29. The lowest BCUT2D eigenvalue weighted by atomic mass is 10.1. The van der Waals surface area contributed by atoms with Gasteiger partial charge in [-0.2, -0.15) is 0 Å². The second kappa shape index (κ2) is 9.86. The Morgan fingerprint density at radius 3 is 2.43 bits per heavy atom. The summed E-state index contributed by atoms with van der Waals surface area (Å²) in [5.41, 5.74) is 1.56. The van der Waals surface area contributed by atoms with Gasteiger partial charge < -0.3 is 5.32 Å². The second-order valence-corrected chi connectivity index (χ2v) is 9.78. The zero-order chi connectivity index (χ0) is 21.6. The normalized spacial score (nSPS) is 11.3. The van der Waals surface area contributed by atoms with Gasteiger partial charge in [-0.25, -0.2) is 12.8 Å². The van der Waals surface area contributed by atoms with Crippen LogP contribution in [0, 0.1) is 5.82 Å². The fourth-order valence-electron chi connectivity index (χ4n) is 2.94. The van der Waals surface area contributed by atoms with Crippen molar-refractivity contribution in [3.8, 4) is 0 Å². The smallest absolute Gasteiger partial charge is 0.274 e. The SMILES string of the molecule is CCCCc1ccc(NC(=O)CN(c2ccccc2F)S(=O)(=O)c2cccs2)cc1. The van der Waals surface area contributed by atoms with Gasteiger partial charge in [0.05, 0.1) is 5.69 Å². The van der Waals surface area contributed by atoms with E-state index in [2.05, 4.69) is 12.2 Å². The number of rotatable bonds is 9. The van der Waals surface area contributed by atoms with Gasteiger partial charge in [0.25, 0.3) is 10.0 Å². The molecule has 1 N–H and O–H groups in total. The van der Waals surface area contributed by atoms with Gasteiger partial charge in [-0.1, -0.05) is 43.7 Å². The molecule has 0 aliphatic heterocycles. The van der Waals surface area contributed by atoms with E-state index in [9.17, 15) is 17.6 Å². The van der Waals surface area contributed by atoms with Crippen molar-refractivity contribution in [1.82, 2.24) is 0 Å². The predicted octanol–water partition coefficient (Wildman–Crippen LogP) is 5.06. The highest BCUT2D eigenvalue weighted by Crippen LogP contribution is 2.28. The Morgan fingerprint density at radius 2 is 1.80 bits per heavy atom. The standard InChI is InChI=1S/C22H23FN2O3S2/c1-2-3-7-17-11-13-18(14-12-17)24-21(26)16-25(20-9-5-4-8-19(20)23)30(27,28)22-10-6-15-29-22/h4-6,8-15H,2-3,7,16H2,1H3,(H,24,26). The molecule has 0 aliphatic rings. The lowest BCUT2D eigenvalue weighted by Crippen LogP contribution is -2.38. The van der Waals surface area contributed by atoms with Gasteiger partial charge in [-0.3, -0.25) is 9.10 Å². The molecule has 1 amide bonds. The first kappa shape index (κ1) is 22.0. The van der Waals surface area contributed by atoms with Crippen molar-refractivity contribution in [2.24, 2.45) is 0 Å². The lowest BCUT2D eigenvalue weighted by Gasteiger charge is -2.23. The quantitative estimate of drug-likeness (QED) is 0.499. The molecule has 0 radical (unpaired) electrons. The molecular weight excluding hydrogens is 423 g/mol. The second-order valence-electron chi connectivity index (χ2n) is 6.74. The van der Waals surface area contributed by atoms with Crippen molar-refractivity contribution in [1.29, 1.82) is 0 Å². The maximum absolute atomic E-state index is 14.4. The fourth-order valence-corrected chi connectivity index (χ4v) is 5.47. The highest BCUT2D eigenvalue weighted by atomic mass is 32.2. The number of halogens is 1. The van der Waals surface area contributed by atoms with E-state index in [1.165, 1.54) is 35.9 Å². The number of thiophene rings is 1. The summed E-state index contributed by atoms with van der Waals surface area (Å²) in [4.78, 5) is 12.6. The van der Waals surface area contributed by atoms with Gasteiger partial charge in [0.2, 0.25) is 5.91 Å². The average Bonchev–Trinajstić information content (AvgIpc) is 3.28. The van der Waals surface area contributed by atoms with E-state index in [-0.39, 0.29) is 9.90 Å². The molecule has 1 aromatic heterocycles. The zero-order valence-electron chi connectivity index (χ0n) is 16.5. The van der Waals surface area contributed by atoms with Crippen molar-refractivity contribution in [3.05, 3.63) is 77.4 Å². The molecule has 158 valence electrons. The number of aryl methyl sites for hydroxylation is 1. The van der Waals surface area contributed by atoms with Crippen molar-refractivity contribution in [2.75, 3.05) is 16.2 Å². The minimum atomic E-state index is -4.09. The average molecular weight is 447 g/mol. The molecule has 0 atom stereocenters. The van der Waals surface area contributed by atoms with Crippen molar-refractivity contribution in [2.45, 2.75) is 30.4 Å². The van der Waals surface area contributed by atoms with Crippen LogP contribution in [0.4, 0.5) is 15.8 Å². The van der Waals surface area contributed by atoms with Crippen molar-refractivity contribution < 1.29 is 17.6 Å². The Hall–Kier alpha value is -2.71. The third kappa shape index (κ3) is 5.25. The van der Waals surface area contributed by atoms with E-state index in [0.717, 1.165) is 34.9 Å². The molecular formula is C22H23FN2O3S2. The first-order valence-corrected chi connectivity index (χ1v) is 11.9. The Bertz CT molecular complexity index is 1080. The van der Waals surface area contributed by atoms with Crippen LogP contribution in [0.1, 0.15) is 25.3 Å². The number of anilines is 2. The molecule has 0 saturated heterocycles. The topological polar surface area (TPSA) is 66.5 Å². The number of sulfonamides is 1. The fraction of sp³-hybridized carbons (Fsp3) is 0.227. The van der Waals surface area contributed by atoms with Gasteiger partial charge >= 0.3 is 0 Å². The summed E-state index contributed by atoms with van der Waals surface area (Å²) in [6.07, 6.45) is 3.15. The predicted molar refractivity (Wildman–Crippen MR) is 119 cm³/mol. The zero-order valence-corrected chi connectivity index (χ0v) is 18.2.